The molecule has 1 amide bonds. The third-order valence-electron chi connectivity index (χ3n) is 4.53. The zero-order valence-corrected chi connectivity index (χ0v) is 12.0. The molecule has 0 bridgehead atoms. The molecule has 0 aromatic rings. The van der Waals surface area contributed by atoms with Crippen LogP contribution in [0, 0.1) is 0 Å². The van der Waals surface area contributed by atoms with Crippen molar-refractivity contribution >= 4 is 5.91 Å². The molecule has 1 saturated carbocycles. The zero-order valence-electron chi connectivity index (χ0n) is 12.0. The van der Waals surface area contributed by atoms with Gasteiger partial charge in [-0.05, 0) is 32.2 Å². The van der Waals surface area contributed by atoms with Crippen molar-refractivity contribution in [1.29, 1.82) is 0 Å². The van der Waals surface area contributed by atoms with Crippen molar-refractivity contribution in [2.24, 2.45) is 5.73 Å². The lowest BCUT2D eigenvalue weighted by Crippen LogP contribution is -2.54. The molecule has 5 nitrogen and oxygen atoms in total. The van der Waals surface area contributed by atoms with Crippen LogP contribution in [0.15, 0.2) is 0 Å². The quantitative estimate of drug-likeness (QED) is 0.736. The lowest BCUT2D eigenvalue weighted by molar-refractivity contribution is -0.126. The molecular formula is C14H27N3O2. The lowest BCUT2D eigenvalue weighted by Gasteiger charge is -2.27. The van der Waals surface area contributed by atoms with E-state index in [2.05, 4.69) is 10.2 Å². The highest BCUT2D eigenvalue weighted by Crippen LogP contribution is 2.27. The Morgan fingerprint density at radius 2 is 2.16 bits per heavy atom. The van der Waals surface area contributed by atoms with E-state index < -0.39 is 5.54 Å². The van der Waals surface area contributed by atoms with E-state index in [0.29, 0.717) is 6.04 Å². The summed E-state index contributed by atoms with van der Waals surface area (Å²) < 4.78 is 5.13. The van der Waals surface area contributed by atoms with E-state index in [4.69, 9.17) is 10.5 Å². The maximum atomic E-state index is 12.2. The van der Waals surface area contributed by atoms with Crippen molar-refractivity contribution in [3.8, 4) is 0 Å². The highest BCUT2D eigenvalue weighted by atomic mass is 16.5. The van der Waals surface area contributed by atoms with Crippen molar-refractivity contribution in [2.45, 2.75) is 50.1 Å². The van der Waals surface area contributed by atoms with Gasteiger partial charge < -0.3 is 15.8 Å². The summed E-state index contributed by atoms with van der Waals surface area (Å²) in [4.78, 5) is 14.6. The molecule has 5 heteroatoms. The number of amides is 1. The Morgan fingerprint density at radius 3 is 2.84 bits per heavy atom. The molecule has 1 atom stereocenters. The van der Waals surface area contributed by atoms with Gasteiger partial charge >= 0.3 is 0 Å². The third-order valence-corrected chi connectivity index (χ3v) is 4.53. The van der Waals surface area contributed by atoms with E-state index >= 15 is 0 Å². The fourth-order valence-electron chi connectivity index (χ4n) is 3.25. The summed E-state index contributed by atoms with van der Waals surface area (Å²) in [6, 6.07) is 0.448. The highest BCUT2D eigenvalue weighted by Gasteiger charge is 2.37. The first-order valence-electron chi connectivity index (χ1n) is 7.46. The molecule has 1 saturated heterocycles. The minimum absolute atomic E-state index is 0.0450. The molecule has 2 aliphatic rings. The number of hydrogen-bond donors (Lipinski definition) is 2. The first-order valence-corrected chi connectivity index (χ1v) is 7.46. The second kappa shape index (κ2) is 6.68. The molecule has 1 heterocycles. The van der Waals surface area contributed by atoms with Crippen LogP contribution in [0.1, 0.15) is 38.5 Å². The van der Waals surface area contributed by atoms with E-state index in [1.54, 1.807) is 7.11 Å². The summed E-state index contributed by atoms with van der Waals surface area (Å²) in [7, 11) is 1.73. The number of nitrogens with one attached hydrogen (secondary N) is 1. The van der Waals surface area contributed by atoms with E-state index in [9.17, 15) is 4.79 Å². The maximum absolute atomic E-state index is 12.2. The molecule has 1 unspecified atom stereocenters. The Hall–Kier alpha value is -0.650. The summed E-state index contributed by atoms with van der Waals surface area (Å²) in [6.07, 6.45) is 6.17. The number of carbonyl (C=O) groups is 1. The first-order chi connectivity index (χ1) is 9.15. The maximum Gasteiger partial charge on any atom is 0.240 e. The van der Waals surface area contributed by atoms with Gasteiger partial charge in [0.1, 0.15) is 0 Å². The number of carbonyl (C=O) groups excluding carboxylic acids is 1. The number of nitrogens with two attached hydrogens (primary N) is 1. The minimum Gasteiger partial charge on any atom is -0.383 e. The van der Waals surface area contributed by atoms with Crippen LogP contribution in [0.25, 0.3) is 0 Å². The molecular weight excluding hydrogens is 242 g/mol. The summed E-state index contributed by atoms with van der Waals surface area (Å²) in [5, 5.41) is 3.07. The van der Waals surface area contributed by atoms with Crippen LogP contribution in [-0.4, -0.2) is 55.7 Å². The number of nitrogens with zero attached hydrogens (tertiary/aromatic N) is 1. The van der Waals surface area contributed by atoms with Gasteiger partial charge in [-0.15, -0.1) is 0 Å². The Morgan fingerprint density at radius 1 is 1.42 bits per heavy atom. The van der Waals surface area contributed by atoms with E-state index in [-0.39, 0.29) is 5.91 Å². The zero-order chi connectivity index (χ0) is 13.7. The molecule has 1 aliphatic heterocycles. The number of hydrogen-bond acceptors (Lipinski definition) is 4. The average molecular weight is 269 g/mol. The molecule has 3 N–H and O–H groups in total. The van der Waals surface area contributed by atoms with Gasteiger partial charge in [0.15, 0.2) is 0 Å². The van der Waals surface area contributed by atoms with E-state index in [0.717, 1.165) is 58.3 Å². The van der Waals surface area contributed by atoms with Gasteiger partial charge in [0, 0.05) is 26.2 Å². The summed E-state index contributed by atoms with van der Waals surface area (Å²) in [5.41, 5.74) is 5.56. The fraction of sp³-hybridized carbons (Fsp3) is 0.929. The monoisotopic (exact) mass is 269 g/mol. The standard InChI is InChI=1S/C14H27N3O2/c1-19-10-9-17-8-4-5-12(17)11-16-13(18)14(15)6-2-3-7-14/h12H,2-11,15H2,1H3,(H,16,18). The highest BCUT2D eigenvalue weighted by molar-refractivity contribution is 5.86. The van der Waals surface area contributed by atoms with Crippen molar-refractivity contribution in [1.82, 2.24) is 10.2 Å². The van der Waals surface area contributed by atoms with Crippen LogP contribution in [0.3, 0.4) is 0 Å². The van der Waals surface area contributed by atoms with Crippen molar-refractivity contribution in [3.05, 3.63) is 0 Å². The van der Waals surface area contributed by atoms with Gasteiger partial charge in [-0.1, -0.05) is 12.8 Å². The molecule has 110 valence electrons. The summed E-state index contributed by atoms with van der Waals surface area (Å²) in [6.45, 7) is 3.54. The largest absolute Gasteiger partial charge is 0.383 e. The van der Waals surface area contributed by atoms with Crippen molar-refractivity contribution < 1.29 is 9.53 Å². The Kier molecular flexibility index (Phi) is 5.19. The molecule has 2 fully saturated rings. The second-order valence-electron chi connectivity index (χ2n) is 5.90. The first kappa shape index (κ1) is 14.8. The second-order valence-corrected chi connectivity index (χ2v) is 5.90. The van der Waals surface area contributed by atoms with Crippen LogP contribution >= 0.6 is 0 Å². The predicted molar refractivity (Wildman–Crippen MR) is 74.9 cm³/mol. The Labute approximate surface area is 115 Å². The molecule has 1 aliphatic carbocycles. The molecule has 0 radical (unpaired) electrons. The van der Waals surface area contributed by atoms with Crippen LogP contribution in [0.5, 0.6) is 0 Å². The predicted octanol–water partition coefficient (Wildman–Crippen LogP) is 0.485. The number of ether oxygens (including phenoxy) is 1. The van der Waals surface area contributed by atoms with Crippen molar-refractivity contribution in [3.63, 3.8) is 0 Å². The SMILES string of the molecule is COCCN1CCCC1CNC(=O)C1(N)CCCC1. The molecule has 0 spiro atoms. The Bertz CT molecular complexity index is 303. The fourth-order valence-corrected chi connectivity index (χ4v) is 3.25. The number of likely N-dealkylation sites (tertiary alicyclic amines) is 1. The number of rotatable bonds is 6. The third kappa shape index (κ3) is 3.68. The van der Waals surface area contributed by atoms with Crippen LogP contribution in [0.2, 0.25) is 0 Å². The summed E-state index contributed by atoms with van der Waals surface area (Å²) >= 11 is 0. The number of methoxy groups -OCH3 is 1. The average Bonchev–Trinajstić information content (AvgIpc) is 3.03. The Balaban J connectivity index is 1.76. The summed E-state index contributed by atoms with van der Waals surface area (Å²) in [5.74, 6) is 0.0450. The molecule has 0 aromatic carbocycles. The molecule has 2 rings (SSSR count). The van der Waals surface area contributed by atoms with Gasteiger partial charge in [-0.3, -0.25) is 9.69 Å². The van der Waals surface area contributed by atoms with Gasteiger partial charge in [-0.25, -0.2) is 0 Å². The normalized spacial score (nSPS) is 26.7. The minimum atomic E-state index is -0.601. The van der Waals surface area contributed by atoms with E-state index in [1.165, 1.54) is 6.42 Å². The van der Waals surface area contributed by atoms with Gasteiger partial charge in [0.25, 0.3) is 0 Å². The van der Waals surface area contributed by atoms with E-state index in [1.807, 2.05) is 0 Å². The smallest absolute Gasteiger partial charge is 0.240 e. The molecule has 0 aromatic heterocycles. The lowest BCUT2D eigenvalue weighted by atomic mass is 9.98. The molecule has 19 heavy (non-hydrogen) atoms. The van der Waals surface area contributed by atoms with Crippen LogP contribution < -0.4 is 11.1 Å². The van der Waals surface area contributed by atoms with Crippen molar-refractivity contribution in [2.75, 3.05) is 33.4 Å². The van der Waals surface area contributed by atoms with Gasteiger partial charge in [-0.2, -0.15) is 0 Å². The van der Waals surface area contributed by atoms with Crippen LogP contribution in [0.4, 0.5) is 0 Å². The van der Waals surface area contributed by atoms with Gasteiger partial charge in [0.2, 0.25) is 5.91 Å². The topological polar surface area (TPSA) is 67.6 Å². The van der Waals surface area contributed by atoms with Crippen LogP contribution in [-0.2, 0) is 9.53 Å². The van der Waals surface area contributed by atoms with Gasteiger partial charge in [0.05, 0.1) is 12.1 Å².